The van der Waals surface area contributed by atoms with E-state index in [1.807, 2.05) is 4.90 Å². The van der Waals surface area contributed by atoms with Gasteiger partial charge in [-0.3, -0.25) is 14.6 Å². The average Bonchev–Trinajstić information content (AvgIpc) is 2.47. The number of piperidine rings is 1. The molecule has 0 bridgehead atoms. The van der Waals surface area contributed by atoms with Crippen LogP contribution >= 0.6 is 0 Å². The molecule has 2 heterocycles. The van der Waals surface area contributed by atoms with Gasteiger partial charge in [-0.25, -0.2) is 0 Å². The number of hydrogen-bond donors (Lipinski definition) is 1. The molecule has 21 heavy (non-hydrogen) atoms. The SMILES string of the molecule is O=C(NC1CCN(C(=O)C2CCC2)CC1)c1ccncc1. The highest BCUT2D eigenvalue weighted by Gasteiger charge is 2.31. The molecule has 0 atom stereocenters. The molecule has 1 aliphatic heterocycles. The van der Waals surface area contributed by atoms with Gasteiger partial charge in [-0.1, -0.05) is 6.42 Å². The summed E-state index contributed by atoms with van der Waals surface area (Å²) in [7, 11) is 0. The number of amides is 2. The number of aromatic nitrogens is 1. The van der Waals surface area contributed by atoms with Crippen LogP contribution in [0.2, 0.25) is 0 Å². The monoisotopic (exact) mass is 287 g/mol. The van der Waals surface area contributed by atoms with Gasteiger partial charge in [0.05, 0.1) is 0 Å². The molecule has 2 amide bonds. The van der Waals surface area contributed by atoms with Gasteiger partial charge >= 0.3 is 0 Å². The van der Waals surface area contributed by atoms with Crippen LogP contribution in [0, 0.1) is 5.92 Å². The number of carbonyl (C=O) groups excluding carboxylic acids is 2. The van der Waals surface area contributed by atoms with E-state index >= 15 is 0 Å². The second-order valence-electron chi connectivity index (χ2n) is 5.94. The van der Waals surface area contributed by atoms with Gasteiger partial charge in [0.25, 0.3) is 5.91 Å². The highest BCUT2D eigenvalue weighted by Crippen LogP contribution is 2.29. The van der Waals surface area contributed by atoms with Crippen LogP contribution in [0.4, 0.5) is 0 Å². The van der Waals surface area contributed by atoms with Gasteiger partial charge in [-0.15, -0.1) is 0 Å². The fourth-order valence-corrected chi connectivity index (χ4v) is 2.93. The van der Waals surface area contributed by atoms with Crippen molar-refractivity contribution in [3.05, 3.63) is 30.1 Å². The number of rotatable bonds is 3. The lowest BCUT2D eigenvalue weighted by Crippen LogP contribution is -2.48. The van der Waals surface area contributed by atoms with E-state index in [-0.39, 0.29) is 17.9 Å². The standard InChI is InChI=1S/C16H21N3O2/c20-15(12-4-8-17-9-5-12)18-14-6-10-19(11-7-14)16(21)13-2-1-3-13/h4-5,8-9,13-14H,1-3,6-7,10-11H2,(H,18,20). The summed E-state index contributed by atoms with van der Waals surface area (Å²) < 4.78 is 0. The van der Waals surface area contributed by atoms with Crippen LogP contribution in [0.1, 0.15) is 42.5 Å². The van der Waals surface area contributed by atoms with Crippen molar-refractivity contribution >= 4 is 11.8 Å². The third-order valence-corrected chi connectivity index (χ3v) is 4.54. The Labute approximate surface area is 124 Å². The third-order valence-electron chi connectivity index (χ3n) is 4.54. The molecule has 5 heteroatoms. The molecule has 1 saturated carbocycles. The molecule has 2 aliphatic rings. The Balaban J connectivity index is 1.47. The van der Waals surface area contributed by atoms with E-state index in [0.717, 1.165) is 38.8 Å². The molecule has 1 aromatic rings. The molecule has 112 valence electrons. The minimum atomic E-state index is -0.0545. The van der Waals surface area contributed by atoms with Gasteiger partial charge in [0.15, 0.2) is 0 Å². The zero-order valence-electron chi connectivity index (χ0n) is 12.1. The normalized spacial score (nSPS) is 19.9. The van der Waals surface area contributed by atoms with E-state index in [2.05, 4.69) is 10.3 Å². The van der Waals surface area contributed by atoms with Crippen molar-refractivity contribution in [3.63, 3.8) is 0 Å². The van der Waals surface area contributed by atoms with Gasteiger partial charge in [-0.05, 0) is 37.8 Å². The summed E-state index contributed by atoms with van der Waals surface area (Å²) in [5.74, 6) is 0.536. The topological polar surface area (TPSA) is 62.3 Å². The quantitative estimate of drug-likeness (QED) is 0.918. The van der Waals surface area contributed by atoms with Crippen LogP contribution in [0.5, 0.6) is 0 Å². The fraction of sp³-hybridized carbons (Fsp3) is 0.562. The molecule has 0 radical (unpaired) electrons. The first-order valence-electron chi connectivity index (χ1n) is 7.74. The molecule has 0 spiro atoms. The number of hydrogen-bond acceptors (Lipinski definition) is 3. The van der Waals surface area contributed by atoms with E-state index in [4.69, 9.17) is 0 Å². The van der Waals surface area contributed by atoms with E-state index in [0.29, 0.717) is 11.5 Å². The Bertz CT molecular complexity index is 506. The Morgan fingerprint density at radius 1 is 1.10 bits per heavy atom. The summed E-state index contributed by atoms with van der Waals surface area (Å²) in [6.07, 6.45) is 8.22. The van der Waals surface area contributed by atoms with E-state index in [1.54, 1.807) is 24.5 Å². The molecule has 1 aromatic heterocycles. The van der Waals surface area contributed by atoms with Crippen molar-refractivity contribution in [2.75, 3.05) is 13.1 Å². The predicted octanol–water partition coefficient (Wildman–Crippen LogP) is 1.60. The number of nitrogens with zero attached hydrogens (tertiary/aromatic N) is 2. The lowest BCUT2D eigenvalue weighted by Gasteiger charge is -2.36. The smallest absolute Gasteiger partial charge is 0.251 e. The number of carbonyl (C=O) groups is 2. The molecule has 1 N–H and O–H groups in total. The number of pyridine rings is 1. The molecule has 1 aliphatic carbocycles. The van der Waals surface area contributed by atoms with Crippen LogP contribution < -0.4 is 5.32 Å². The fourth-order valence-electron chi connectivity index (χ4n) is 2.93. The van der Waals surface area contributed by atoms with Crippen LogP contribution in [0.3, 0.4) is 0 Å². The van der Waals surface area contributed by atoms with Crippen LogP contribution in [-0.2, 0) is 4.79 Å². The van der Waals surface area contributed by atoms with Gasteiger partial charge in [0.1, 0.15) is 0 Å². The van der Waals surface area contributed by atoms with Crippen molar-refractivity contribution in [3.8, 4) is 0 Å². The zero-order valence-corrected chi connectivity index (χ0v) is 12.1. The summed E-state index contributed by atoms with van der Waals surface area (Å²) in [5, 5.41) is 3.05. The Kier molecular flexibility index (Phi) is 4.18. The summed E-state index contributed by atoms with van der Waals surface area (Å²) in [6, 6.07) is 3.59. The van der Waals surface area contributed by atoms with Gasteiger partial charge in [-0.2, -0.15) is 0 Å². The average molecular weight is 287 g/mol. The highest BCUT2D eigenvalue weighted by atomic mass is 16.2. The molecule has 3 rings (SSSR count). The third kappa shape index (κ3) is 3.23. The van der Waals surface area contributed by atoms with Crippen molar-refractivity contribution in [1.82, 2.24) is 15.2 Å². The summed E-state index contributed by atoms with van der Waals surface area (Å²) >= 11 is 0. The van der Waals surface area contributed by atoms with E-state index < -0.39 is 0 Å². The van der Waals surface area contributed by atoms with Gasteiger partial charge in [0.2, 0.25) is 5.91 Å². The maximum atomic E-state index is 12.2. The molecule has 0 unspecified atom stereocenters. The molecule has 5 nitrogen and oxygen atoms in total. The summed E-state index contributed by atoms with van der Waals surface area (Å²) in [4.78, 5) is 30.1. The zero-order chi connectivity index (χ0) is 14.7. The maximum Gasteiger partial charge on any atom is 0.251 e. The minimum absolute atomic E-state index is 0.0545. The van der Waals surface area contributed by atoms with Crippen LogP contribution in [-0.4, -0.2) is 40.8 Å². The second kappa shape index (κ2) is 6.24. The Morgan fingerprint density at radius 3 is 2.33 bits per heavy atom. The Hall–Kier alpha value is -1.91. The first-order valence-corrected chi connectivity index (χ1v) is 7.74. The van der Waals surface area contributed by atoms with Crippen molar-refractivity contribution < 1.29 is 9.59 Å². The molecular formula is C16H21N3O2. The predicted molar refractivity (Wildman–Crippen MR) is 78.6 cm³/mol. The minimum Gasteiger partial charge on any atom is -0.349 e. The molecular weight excluding hydrogens is 266 g/mol. The van der Waals surface area contributed by atoms with Gasteiger partial charge in [0, 0.05) is 43.0 Å². The first kappa shape index (κ1) is 14.0. The van der Waals surface area contributed by atoms with Gasteiger partial charge < -0.3 is 10.2 Å². The van der Waals surface area contributed by atoms with Crippen molar-refractivity contribution in [2.24, 2.45) is 5.92 Å². The maximum absolute atomic E-state index is 12.2. The van der Waals surface area contributed by atoms with Crippen LogP contribution in [0.15, 0.2) is 24.5 Å². The first-order chi connectivity index (χ1) is 10.2. The summed E-state index contributed by atoms with van der Waals surface area (Å²) in [5.41, 5.74) is 0.637. The molecule has 1 saturated heterocycles. The lowest BCUT2D eigenvalue weighted by atomic mass is 9.84. The van der Waals surface area contributed by atoms with Crippen molar-refractivity contribution in [1.29, 1.82) is 0 Å². The molecule has 2 fully saturated rings. The Morgan fingerprint density at radius 2 is 1.76 bits per heavy atom. The van der Waals surface area contributed by atoms with E-state index in [1.165, 1.54) is 6.42 Å². The second-order valence-corrected chi connectivity index (χ2v) is 5.94. The molecule has 0 aromatic carbocycles. The largest absolute Gasteiger partial charge is 0.349 e. The van der Waals surface area contributed by atoms with E-state index in [9.17, 15) is 9.59 Å². The summed E-state index contributed by atoms with van der Waals surface area (Å²) in [6.45, 7) is 1.52. The number of likely N-dealkylation sites (tertiary alicyclic amines) is 1. The number of nitrogens with one attached hydrogen (secondary N) is 1. The van der Waals surface area contributed by atoms with Crippen molar-refractivity contribution in [2.45, 2.75) is 38.1 Å². The van der Waals surface area contributed by atoms with Crippen LogP contribution in [0.25, 0.3) is 0 Å². The highest BCUT2D eigenvalue weighted by molar-refractivity contribution is 5.94. The lowest BCUT2D eigenvalue weighted by molar-refractivity contribution is -0.139.